The van der Waals surface area contributed by atoms with E-state index in [9.17, 15) is 4.79 Å². The van der Waals surface area contributed by atoms with E-state index in [0.717, 1.165) is 13.1 Å². The Labute approximate surface area is 110 Å². The Balaban J connectivity index is 2.52. The van der Waals surface area contributed by atoms with E-state index >= 15 is 0 Å². The summed E-state index contributed by atoms with van der Waals surface area (Å²) in [6.07, 6.45) is 3.55. The molecule has 4 nitrogen and oxygen atoms in total. The lowest BCUT2D eigenvalue weighted by Gasteiger charge is -2.22. The zero-order valence-corrected chi connectivity index (χ0v) is 11.7. The van der Waals surface area contributed by atoms with Gasteiger partial charge in [0.25, 0.3) is 0 Å². The van der Waals surface area contributed by atoms with Crippen LogP contribution in [-0.4, -0.2) is 40.9 Å². The van der Waals surface area contributed by atoms with Gasteiger partial charge in [0.1, 0.15) is 4.83 Å². The van der Waals surface area contributed by atoms with Crippen LogP contribution in [0.4, 0.5) is 0 Å². The standard InChI is InChI=1S/C12H17BrN2O2/c1-3-15(9-11(13)12(16)17-2)8-10-4-6-14-7-5-10/h4-7,11H,3,8-9H2,1-2H3. The van der Waals surface area contributed by atoms with Crippen molar-refractivity contribution in [3.63, 3.8) is 0 Å². The van der Waals surface area contributed by atoms with Crippen molar-refractivity contribution in [2.75, 3.05) is 20.2 Å². The minimum absolute atomic E-state index is 0.238. The van der Waals surface area contributed by atoms with Crippen molar-refractivity contribution in [2.24, 2.45) is 0 Å². The molecule has 1 atom stereocenters. The molecule has 5 heteroatoms. The molecule has 0 aliphatic rings. The molecule has 94 valence electrons. The second kappa shape index (κ2) is 7.40. The lowest BCUT2D eigenvalue weighted by atomic mass is 10.2. The van der Waals surface area contributed by atoms with Crippen LogP contribution in [0.25, 0.3) is 0 Å². The fourth-order valence-corrected chi connectivity index (χ4v) is 2.08. The Bertz CT molecular complexity index is 346. The van der Waals surface area contributed by atoms with E-state index in [1.54, 1.807) is 12.4 Å². The molecule has 1 unspecified atom stereocenters. The zero-order valence-electron chi connectivity index (χ0n) is 10.1. The molecule has 0 aliphatic heterocycles. The summed E-state index contributed by atoms with van der Waals surface area (Å²) in [5, 5.41) is 0. The van der Waals surface area contributed by atoms with Gasteiger partial charge in [-0.2, -0.15) is 0 Å². The molecule has 1 aromatic heterocycles. The Morgan fingerprint density at radius 1 is 1.53 bits per heavy atom. The number of rotatable bonds is 6. The highest BCUT2D eigenvalue weighted by atomic mass is 79.9. The van der Waals surface area contributed by atoms with Crippen LogP contribution >= 0.6 is 15.9 Å². The fourth-order valence-electron chi connectivity index (χ4n) is 1.48. The van der Waals surface area contributed by atoms with E-state index in [-0.39, 0.29) is 10.8 Å². The Hall–Kier alpha value is -0.940. The van der Waals surface area contributed by atoms with E-state index in [1.807, 2.05) is 12.1 Å². The SMILES string of the molecule is CCN(Cc1ccncc1)CC(Br)C(=O)OC. The number of alkyl halides is 1. The summed E-state index contributed by atoms with van der Waals surface area (Å²) in [7, 11) is 1.40. The molecule has 0 aliphatic carbocycles. The van der Waals surface area contributed by atoms with Crippen LogP contribution < -0.4 is 0 Å². The predicted octanol–water partition coefficient (Wildman–Crippen LogP) is 1.84. The number of carbonyl (C=O) groups excluding carboxylic acids is 1. The van der Waals surface area contributed by atoms with Gasteiger partial charge in [-0.1, -0.05) is 22.9 Å². The lowest BCUT2D eigenvalue weighted by molar-refractivity contribution is -0.140. The first kappa shape index (κ1) is 14.1. The molecule has 0 aromatic carbocycles. The number of hydrogen-bond acceptors (Lipinski definition) is 4. The fraction of sp³-hybridized carbons (Fsp3) is 0.500. The molecule has 0 bridgehead atoms. The van der Waals surface area contributed by atoms with Crippen molar-refractivity contribution in [3.8, 4) is 0 Å². The minimum Gasteiger partial charge on any atom is -0.468 e. The van der Waals surface area contributed by atoms with Crippen LogP contribution in [0.15, 0.2) is 24.5 Å². The van der Waals surface area contributed by atoms with E-state index in [4.69, 9.17) is 0 Å². The molecular weight excluding hydrogens is 284 g/mol. The van der Waals surface area contributed by atoms with Crippen molar-refractivity contribution in [2.45, 2.75) is 18.3 Å². The number of nitrogens with zero attached hydrogens (tertiary/aromatic N) is 2. The van der Waals surface area contributed by atoms with Crippen molar-refractivity contribution in [1.29, 1.82) is 0 Å². The molecule has 1 rings (SSSR count). The number of hydrogen-bond donors (Lipinski definition) is 0. The van der Waals surface area contributed by atoms with E-state index in [0.29, 0.717) is 6.54 Å². The van der Waals surface area contributed by atoms with Crippen molar-refractivity contribution < 1.29 is 9.53 Å². The summed E-state index contributed by atoms with van der Waals surface area (Å²) in [6, 6.07) is 3.95. The number of pyridine rings is 1. The predicted molar refractivity (Wildman–Crippen MR) is 69.9 cm³/mol. The van der Waals surface area contributed by atoms with E-state index in [2.05, 4.69) is 37.5 Å². The monoisotopic (exact) mass is 300 g/mol. The molecule has 1 aromatic rings. The van der Waals surface area contributed by atoms with Gasteiger partial charge in [-0.15, -0.1) is 0 Å². The molecule has 0 amide bonds. The maximum Gasteiger partial charge on any atom is 0.320 e. The van der Waals surface area contributed by atoms with Gasteiger partial charge in [0, 0.05) is 25.5 Å². The van der Waals surface area contributed by atoms with Crippen LogP contribution in [0.3, 0.4) is 0 Å². The topological polar surface area (TPSA) is 42.4 Å². The summed E-state index contributed by atoms with van der Waals surface area (Å²) in [5.41, 5.74) is 1.19. The molecule has 0 saturated carbocycles. The summed E-state index contributed by atoms with van der Waals surface area (Å²) in [5.74, 6) is -0.238. The largest absolute Gasteiger partial charge is 0.468 e. The van der Waals surface area contributed by atoms with Gasteiger partial charge in [0.15, 0.2) is 0 Å². The van der Waals surface area contributed by atoms with Gasteiger partial charge in [-0.05, 0) is 24.2 Å². The third-order valence-electron chi connectivity index (χ3n) is 2.48. The molecule has 0 spiro atoms. The number of halogens is 1. The molecule has 1 heterocycles. The van der Waals surface area contributed by atoms with Crippen LogP contribution in [0, 0.1) is 0 Å². The second-order valence-electron chi connectivity index (χ2n) is 3.67. The molecule has 0 N–H and O–H groups in total. The highest BCUT2D eigenvalue weighted by Gasteiger charge is 2.18. The minimum atomic E-state index is -0.283. The van der Waals surface area contributed by atoms with Gasteiger partial charge in [-0.25, -0.2) is 0 Å². The number of esters is 1. The highest BCUT2D eigenvalue weighted by molar-refractivity contribution is 9.10. The lowest BCUT2D eigenvalue weighted by Crippen LogP contribution is -2.33. The molecule has 0 fully saturated rings. The van der Waals surface area contributed by atoms with E-state index < -0.39 is 0 Å². The normalized spacial score (nSPS) is 12.5. The van der Waals surface area contributed by atoms with Crippen molar-refractivity contribution in [1.82, 2.24) is 9.88 Å². The van der Waals surface area contributed by atoms with Crippen molar-refractivity contribution >= 4 is 21.9 Å². The van der Waals surface area contributed by atoms with Gasteiger partial charge in [0.2, 0.25) is 0 Å². The highest BCUT2D eigenvalue weighted by Crippen LogP contribution is 2.09. The Kier molecular flexibility index (Phi) is 6.15. The van der Waals surface area contributed by atoms with Crippen LogP contribution in [0.5, 0.6) is 0 Å². The number of methoxy groups -OCH3 is 1. The average molecular weight is 301 g/mol. The van der Waals surface area contributed by atoms with Gasteiger partial charge < -0.3 is 4.74 Å². The van der Waals surface area contributed by atoms with Crippen LogP contribution in [-0.2, 0) is 16.1 Å². The number of ether oxygens (including phenoxy) is 1. The van der Waals surface area contributed by atoms with Gasteiger partial charge >= 0.3 is 5.97 Å². The maximum absolute atomic E-state index is 11.3. The smallest absolute Gasteiger partial charge is 0.320 e. The summed E-state index contributed by atoms with van der Waals surface area (Å²) in [6.45, 7) is 4.38. The van der Waals surface area contributed by atoms with Crippen LogP contribution in [0.1, 0.15) is 12.5 Å². The molecule has 0 radical (unpaired) electrons. The summed E-state index contributed by atoms with van der Waals surface area (Å²) in [4.78, 5) is 17.2. The Morgan fingerprint density at radius 3 is 2.71 bits per heavy atom. The first-order valence-electron chi connectivity index (χ1n) is 5.50. The maximum atomic E-state index is 11.3. The average Bonchev–Trinajstić information content (AvgIpc) is 2.38. The third-order valence-corrected chi connectivity index (χ3v) is 3.14. The van der Waals surface area contributed by atoms with Gasteiger partial charge in [0.05, 0.1) is 7.11 Å². The number of aromatic nitrogens is 1. The first-order valence-corrected chi connectivity index (χ1v) is 6.42. The first-order chi connectivity index (χ1) is 8.17. The zero-order chi connectivity index (χ0) is 12.7. The van der Waals surface area contributed by atoms with Crippen molar-refractivity contribution in [3.05, 3.63) is 30.1 Å². The second-order valence-corrected chi connectivity index (χ2v) is 4.78. The molecular formula is C12H17BrN2O2. The van der Waals surface area contributed by atoms with Crippen LogP contribution in [0.2, 0.25) is 0 Å². The third kappa shape index (κ3) is 4.83. The van der Waals surface area contributed by atoms with E-state index in [1.165, 1.54) is 12.7 Å². The molecule has 0 saturated heterocycles. The number of carbonyl (C=O) groups is 1. The van der Waals surface area contributed by atoms with Gasteiger partial charge in [-0.3, -0.25) is 14.7 Å². The summed E-state index contributed by atoms with van der Waals surface area (Å²) >= 11 is 3.33. The Morgan fingerprint density at radius 2 is 2.18 bits per heavy atom. The summed E-state index contributed by atoms with van der Waals surface area (Å²) < 4.78 is 4.69. The quantitative estimate of drug-likeness (QED) is 0.594. The molecule has 17 heavy (non-hydrogen) atoms.